The van der Waals surface area contributed by atoms with Gasteiger partial charge in [0.05, 0.1) is 27.6 Å². The first-order chi connectivity index (χ1) is 22.4. The molecule has 5 rings (SSSR count). The standard InChI is InChI=1S/C31H22N6O9S/c38-26-12-9-21(15-23(26)31(42)43)34-32-19-5-1-17(2-6-19)18-3-7-20(8-4-18)33-37-29-28(40)14-11-24(30(29)41)35-36-25-16-22(47(44,45)46)10-13-27(25)39/h1-16,33,36,38-39H,(H,42,43)(H,44,45,46)/b34-32?,35-24+,37-29+. The Bertz CT molecular complexity index is 2370. The molecular weight excluding hydrogens is 632 g/mol. The van der Waals surface area contributed by atoms with Crippen molar-refractivity contribution in [2.75, 3.05) is 10.9 Å². The van der Waals surface area contributed by atoms with Crippen LogP contribution in [0.25, 0.3) is 11.1 Å². The van der Waals surface area contributed by atoms with Crippen LogP contribution in [0.3, 0.4) is 0 Å². The molecule has 47 heavy (non-hydrogen) atoms. The van der Waals surface area contributed by atoms with E-state index in [4.69, 9.17) is 5.11 Å². The second-order valence-corrected chi connectivity index (χ2v) is 11.1. The zero-order valence-corrected chi connectivity index (χ0v) is 24.6. The zero-order valence-electron chi connectivity index (χ0n) is 23.8. The number of aromatic carboxylic acids is 1. The molecule has 5 aromatic carbocycles. The van der Waals surface area contributed by atoms with E-state index in [1.165, 1.54) is 18.2 Å². The second kappa shape index (κ2) is 13.2. The van der Waals surface area contributed by atoms with Crippen LogP contribution < -0.4 is 32.4 Å². The van der Waals surface area contributed by atoms with Gasteiger partial charge in [0, 0.05) is 0 Å². The van der Waals surface area contributed by atoms with Crippen molar-refractivity contribution in [3.05, 3.63) is 134 Å². The summed E-state index contributed by atoms with van der Waals surface area (Å²) in [7, 11) is -4.56. The van der Waals surface area contributed by atoms with Crippen molar-refractivity contribution in [2.45, 2.75) is 4.90 Å². The van der Waals surface area contributed by atoms with Gasteiger partial charge in [-0.2, -0.15) is 28.8 Å². The highest BCUT2D eigenvalue weighted by Gasteiger charge is 2.13. The molecule has 0 bridgehead atoms. The van der Waals surface area contributed by atoms with Crippen LogP contribution in [0.15, 0.2) is 132 Å². The van der Waals surface area contributed by atoms with E-state index >= 15 is 0 Å². The van der Waals surface area contributed by atoms with Crippen molar-refractivity contribution < 1.29 is 33.1 Å². The average molecular weight is 655 g/mol. The largest absolute Gasteiger partial charge is 0.507 e. The summed E-state index contributed by atoms with van der Waals surface area (Å²) in [6.07, 6.45) is 0. The maximum Gasteiger partial charge on any atom is 0.339 e. The lowest BCUT2D eigenvalue weighted by molar-refractivity contribution is 0.0693. The SMILES string of the molecule is O=C(O)c1cc(N=Nc2ccc(-c3ccc(N/N=c4\c(=O)cc/c(=N\Nc5cc(S(=O)(=O)O)ccc5O)c4=O)cc3)cc2)ccc1O. The zero-order chi connectivity index (χ0) is 33.7. The van der Waals surface area contributed by atoms with Crippen LogP contribution in [0.4, 0.5) is 22.7 Å². The predicted molar refractivity (Wildman–Crippen MR) is 169 cm³/mol. The van der Waals surface area contributed by atoms with Gasteiger partial charge in [-0.05, 0) is 83.9 Å². The summed E-state index contributed by atoms with van der Waals surface area (Å²) >= 11 is 0. The second-order valence-electron chi connectivity index (χ2n) is 9.69. The minimum atomic E-state index is -4.56. The smallest absolute Gasteiger partial charge is 0.339 e. The molecule has 0 saturated carbocycles. The van der Waals surface area contributed by atoms with E-state index in [1.54, 1.807) is 48.5 Å². The first kappa shape index (κ1) is 31.9. The number of phenolic OH excluding ortho intramolecular Hbond substituents is 1. The highest BCUT2D eigenvalue weighted by molar-refractivity contribution is 7.85. The number of phenols is 2. The molecule has 16 heteroatoms. The van der Waals surface area contributed by atoms with E-state index in [1.807, 2.05) is 0 Å². The fraction of sp³-hybridized carbons (Fsp3) is 0. The number of hydrogen-bond donors (Lipinski definition) is 6. The van der Waals surface area contributed by atoms with Crippen LogP contribution in [0.1, 0.15) is 10.4 Å². The van der Waals surface area contributed by atoms with Gasteiger partial charge in [-0.1, -0.05) is 24.3 Å². The topological polar surface area (TPSA) is 240 Å². The van der Waals surface area contributed by atoms with E-state index < -0.39 is 42.9 Å². The Balaban J connectivity index is 1.30. The Morgan fingerprint density at radius 3 is 1.96 bits per heavy atom. The quantitative estimate of drug-likeness (QED) is 0.0581. The number of benzene rings is 5. The van der Waals surface area contributed by atoms with Crippen LogP contribution in [-0.4, -0.2) is 34.3 Å². The van der Waals surface area contributed by atoms with Crippen molar-refractivity contribution in [2.24, 2.45) is 20.4 Å². The molecule has 6 N–H and O–H groups in total. The van der Waals surface area contributed by atoms with Crippen LogP contribution in [0, 0.1) is 0 Å². The number of carbonyl (C=O) groups is 1. The molecule has 0 amide bonds. The molecule has 0 aliphatic heterocycles. The molecule has 0 aliphatic rings. The lowest BCUT2D eigenvalue weighted by atomic mass is 10.1. The highest BCUT2D eigenvalue weighted by Crippen LogP contribution is 2.28. The van der Waals surface area contributed by atoms with Crippen LogP contribution in [0.5, 0.6) is 11.5 Å². The molecule has 0 fully saturated rings. The van der Waals surface area contributed by atoms with E-state index in [-0.39, 0.29) is 28.0 Å². The minimum absolute atomic E-state index is 0.216. The van der Waals surface area contributed by atoms with E-state index in [0.717, 1.165) is 41.5 Å². The third-order valence-electron chi connectivity index (χ3n) is 6.51. The molecule has 0 heterocycles. The monoisotopic (exact) mass is 654 g/mol. The molecule has 0 aliphatic carbocycles. The van der Waals surface area contributed by atoms with Gasteiger partial charge in [-0.25, -0.2) is 4.79 Å². The van der Waals surface area contributed by atoms with Crippen molar-refractivity contribution in [1.82, 2.24) is 0 Å². The number of carboxylic acids is 1. The molecule has 0 radical (unpaired) electrons. The van der Waals surface area contributed by atoms with Crippen molar-refractivity contribution >= 4 is 38.8 Å². The number of azo groups is 1. The summed E-state index contributed by atoms with van der Waals surface area (Å²) in [6, 6.07) is 22.9. The van der Waals surface area contributed by atoms with E-state index in [0.29, 0.717) is 11.4 Å². The summed E-state index contributed by atoms with van der Waals surface area (Å²) in [5.74, 6) is -2.07. The van der Waals surface area contributed by atoms with Crippen LogP contribution in [-0.2, 0) is 10.1 Å². The number of nitrogens with one attached hydrogen (secondary N) is 2. The third-order valence-corrected chi connectivity index (χ3v) is 7.36. The Hall–Kier alpha value is -6.52. The maximum atomic E-state index is 12.9. The molecule has 5 aromatic rings. The first-order valence-electron chi connectivity index (χ1n) is 13.3. The van der Waals surface area contributed by atoms with Gasteiger partial charge in [0.15, 0.2) is 5.36 Å². The molecule has 0 atom stereocenters. The highest BCUT2D eigenvalue weighted by atomic mass is 32.2. The Morgan fingerprint density at radius 1 is 0.681 bits per heavy atom. The summed E-state index contributed by atoms with van der Waals surface area (Å²) in [4.78, 5) is 35.9. The molecule has 0 spiro atoms. The summed E-state index contributed by atoms with van der Waals surface area (Å²) < 4.78 is 32.0. The van der Waals surface area contributed by atoms with Gasteiger partial charge in [0.25, 0.3) is 10.1 Å². The van der Waals surface area contributed by atoms with Crippen LogP contribution in [0.2, 0.25) is 0 Å². The van der Waals surface area contributed by atoms with E-state index in [2.05, 4.69) is 31.3 Å². The molecule has 0 saturated heterocycles. The van der Waals surface area contributed by atoms with Gasteiger partial charge in [-0.15, -0.1) is 0 Å². The summed E-state index contributed by atoms with van der Waals surface area (Å²) in [5.41, 5.74) is 5.86. The fourth-order valence-corrected chi connectivity index (χ4v) is 4.58. The average Bonchev–Trinajstić information content (AvgIpc) is 3.04. The number of carboxylic acid groups (broad SMARTS) is 1. The minimum Gasteiger partial charge on any atom is -0.507 e. The lowest BCUT2D eigenvalue weighted by Crippen LogP contribution is -2.47. The number of anilines is 2. The number of aromatic hydroxyl groups is 2. The Kier molecular flexibility index (Phi) is 8.97. The van der Waals surface area contributed by atoms with E-state index in [9.17, 15) is 37.6 Å². The predicted octanol–water partition coefficient (Wildman–Crippen LogP) is 3.58. The molecule has 0 unspecified atom stereocenters. The van der Waals surface area contributed by atoms with Crippen molar-refractivity contribution in [3.63, 3.8) is 0 Å². The van der Waals surface area contributed by atoms with Gasteiger partial charge >= 0.3 is 5.97 Å². The van der Waals surface area contributed by atoms with Gasteiger partial charge < -0.3 is 15.3 Å². The molecule has 0 aromatic heterocycles. The lowest BCUT2D eigenvalue weighted by Gasteiger charge is -2.05. The van der Waals surface area contributed by atoms with Crippen LogP contribution >= 0.6 is 0 Å². The molecular formula is C31H22N6O9S. The van der Waals surface area contributed by atoms with Crippen molar-refractivity contribution in [1.29, 1.82) is 0 Å². The number of hydrogen-bond acceptors (Lipinski definition) is 13. The number of rotatable bonds is 9. The summed E-state index contributed by atoms with van der Waals surface area (Å²) in [5, 5.41) is 43.9. The Morgan fingerprint density at radius 2 is 1.30 bits per heavy atom. The van der Waals surface area contributed by atoms with Gasteiger partial charge in [-0.3, -0.25) is 25.0 Å². The fourth-order valence-electron chi connectivity index (χ4n) is 4.07. The molecule has 15 nitrogen and oxygen atoms in total. The summed E-state index contributed by atoms with van der Waals surface area (Å²) in [6.45, 7) is 0. The molecule has 236 valence electrons. The van der Waals surface area contributed by atoms with Crippen molar-refractivity contribution in [3.8, 4) is 22.6 Å². The Labute approximate surface area is 264 Å². The maximum absolute atomic E-state index is 12.9. The third kappa shape index (κ3) is 7.59. The van der Waals surface area contributed by atoms with Gasteiger partial charge in [0.1, 0.15) is 22.4 Å². The first-order valence-corrected chi connectivity index (χ1v) is 14.8. The normalized spacial score (nSPS) is 12.4. The number of nitrogens with zero attached hydrogens (tertiary/aromatic N) is 4. The van der Waals surface area contributed by atoms with Gasteiger partial charge in [0.2, 0.25) is 10.9 Å².